The van der Waals surface area contributed by atoms with E-state index in [2.05, 4.69) is 20.6 Å². The number of benzene rings is 1. The SMILES string of the molecule is N[C@H]1CC[C@H](Nc2cc(-c3cc(C(F)(F)F)cc(NCc4cccc(F)c4)n3)ccn2)CC1. The molecule has 0 aliphatic heterocycles. The number of nitrogens with zero attached hydrogens (tertiary/aromatic N) is 2. The quantitative estimate of drug-likeness (QED) is 0.419. The van der Waals surface area contributed by atoms with Gasteiger partial charge in [0.15, 0.2) is 0 Å². The summed E-state index contributed by atoms with van der Waals surface area (Å²) in [5.41, 5.74) is 6.42. The van der Waals surface area contributed by atoms with E-state index in [0.29, 0.717) is 16.9 Å². The molecular formula is C24H25F4N5. The lowest BCUT2D eigenvalue weighted by atomic mass is 9.92. The van der Waals surface area contributed by atoms with Crippen LogP contribution >= 0.6 is 0 Å². The van der Waals surface area contributed by atoms with Gasteiger partial charge >= 0.3 is 6.18 Å². The van der Waals surface area contributed by atoms with Crippen molar-refractivity contribution in [3.05, 3.63) is 71.7 Å². The number of hydrogen-bond donors (Lipinski definition) is 3. The number of rotatable bonds is 6. The van der Waals surface area contributed by atoms with Gasteiger partial charge in [-0.1, -0.05) is 12.1 Å². The second kappa shape index (κ2) is 9.74. The predicted octanol–water partition coefficient (Wildman–Crippen LogP) is 5.60. The fourth-order valence-corrected chi connectivity index (χ4v) is 3.91. The highest BCUT2D eigenvalue weighted by molar-refractivity contribution is 5.66. The number of nitrogens with two attached hydrogens (primary N) is 1. The van der Waals surface area contributed by atoms with Crippen LogP contribution in [0.15, 0.2) is 54.7 Å². The van der Waals surface area contributed by atoms with Crippen LogP contribution in [0.4, 0.5) is 29.2 Å². The molecule has 1 aliphatic rings. The average Bonchev–Trinajstić information content (AvgIpc) is 2.79. The molecule has 1 saturated carbocycles. The van der Waals surface area contributed by atoms with Gasteiger partial charge in [0.2, 0.25) is 0 Å². The molecule has 0 atom stereocenters. The van der Waals surface area contributed by atoms with Crippen molar-refractivity contribution >= 4 is 11.6 Å². The first-order valence-electron chi connectivity index (χ1n) is 10.8. The van der Waals surface area contributed by atoms with E-state index in [1.54, 1.807) is 30.5 Å². The van der Waals surface area contributed by atoms with Crippen LogP contribution in [-0.2, 0) is 12.7 Å². The smallest absolute Gasteiger partial charge is 0.367 e. The molecule has 3 aromatic rings. The van der Waals surface area contributed by atoms with Crippen molar-refractivity contribution in [2.75, 3.05) is 10.6 Å². The zero-order valence-electron chi connectivity index (χ0n) is 17.9. The summed E-state index contributed by atoms with van der Waals surface area (Å²) in [6.45, 7) is 0.137. The molecule has 0 amide bonds. The van der Waals surface area contributed by atoms with Gasteiger partial charge in [0.05, 0.1) is 11.3 Å². The highest BCUT2D eigenvalue weighted by Crippen LogP contribution is 2.34. The van der Waals surface area contributed by atoms with Crippen LogP contribution in [0, 0.1) is 5.82 Å². The Balaban J connectivity index is 1.57. The maximum atomic E-state index is 13.6. The van der Waals surface area contributed by atoms with Crippen molar-refractivity contribution in [1.82, 2.24) is 9.97 Å². The molecule has 1 fully saturated rings. The molecule has 0 radical (unpaired) electrons. The molecule has 2 heterocycles. The topological polar surface area (TPSA) is 75.9 Å². The predicted molar refractivity (Wildman–Crippen MR) is 120 cm³/mol. The minimum atomic E-state index is -4.54. The molecule has 0 saturated heterocycles. The zero-order chi connectivity index (χ0) is 23.4. The lowest BCUT2D eigenvalue weighted by Crippen LogP contribution is -2.33. The third-order valence-corrected chi connectivity index (χ3v) is 5.69. The molecule has 4 N–H and O–H groups in total. The van der Waals surface area contributed by atoms with E-state index in [1.165, 1.54) is 12.1 Å². The highest BCUT2D eigenvalue weighted by atomic mass is 19.4. The number of anilines is 2. The molecule has 0 spiro atoms. The summed E-state index contributed by atoms with van der Waals surface area (Å²) in [7, 11) is 0. The molecule has 4 rings (SSSR count). The van der Waals surface area contributed by atoms with Crippen LogP contribution in [0.2, 0.25) is 0 Å². The lowest BCUT2D eigenvalue weighted by molar-refractivity contribution is -0.137. The van der Waals surface area contributed by atoms with Crippen LogP contribution < -0.4 is 16.4 Å². The van der Waals surface area contributed by atoms with E-state index in [1.807, 2.05) is 0 Å². The summed E-state index contributed by atoms with van der Waals surface area (Å²) in [6, 6.07) is 11.6. The lowest BCUT2D eigenvalue weighted by Gasteiger charge is -2.27. The van der Waals surface area contributed by atoms with Crippen molar-refractivity contribution in [2.24, 2.45) is 5.73 Å². The normalized spacial score (nSPS) is 18.7. The third kappa shape index (κ3) is 6.19. The number of nitrogens with one attached hydrogen (secondary N) is 2. The second-order valence-electron chi connectivity index (χ2n) is 8.29. The monoisotopic (exact) mass is 459 g/mol. The Hall–Kier alpha value is -3.20. The molecule has 0 unspecified atom stereocenters. The summed E-state index contributed by atoms with van der Waals surface area (Å²) in [5, 5.41) is 6.23. The third-order valence-electron chi connectivity index (χ3n) is 5.69. The Kier molecular flexibility index (Phi) is 6.78. The van der Waals surface area contributed by atoms with Gasteiger partial charge in [-0.25, -0.2) is 14.4 Å². The molecule has 9 heteroatoms. The molecule has 33 heavy (non-hydrogen) atoms. The average molecular weight is 459 g/mol. The number of halogens is 4. The Morgan fingerprint density at radius 3 is 2.48 bits per heavy atom. The first-order chi connectivity index (χ1) is 15.8. The van der Waals surface area contributed by atoms with Gasteiger partial charge in [0.1, 0.15) is 17.5 Å². The Morgan fingerprint density at radius 1 is 0.970 bits per heavy atom. The molecule has 5 nitrogen and oxygen atoms in total. The van der Waals surface area contributed by atoms with Gasteiger partial charge < -0.3 is 16.4 Å². The highest BCUT2D eigenvalue weighted by Gasteiger charge is 2.32. The molecule has 2 aromatic heterocycles. The maximum absolute atomic E-state index is 13.6. The number of aromatic nitrogens is 2. The number of alkyl halides is 3. The Labute approximate surface area is 189 Å². The molecule has 174 valence electrons. The summed E-state index contributed by atoms with van der Waals surface area (Å²) >= 11 is 0. The van der Waals surface area contributed by atoms with Gasteiger partial charge in [-0.15, -0.1) is 0 Å². The second-order valence-corrected chi connectivity index (χ2v) is 8.29. The standard InChI is InChI=1S/C24H25F4N5/c25-18-3-1-2-15(10-18)14-31-23-13-17(24(26,27)28)12-21(33-23)16-8-9-30-22(11-16)32-20-6-4-19(29)5-7-20/h1-3,8-13,19-20H,4-7,14,29H2,(H,30,32)(H,31,33)/t19-,20-. The molecule has 0 bridgehead atoms. The molecule has 1 aromatic carbocycles. The first-order valence-corrected chi connectivity index (χ1v) is 10.8. The van der Waals surface area contributed by atoms with E-state index in [0.717, 1.165) is 37.8 Å². The Morgan fingerprint density at radius 2 is 1.76 bits per heavy atom. The summed E-state index contributed by atoms with van der Waals surface area (Å²) in [4.78, 5) is 8.69. The number of hydrogen-bond acceptors (Lipinski definition) is 5. The van der Waals surface area contributed by atoms with Gasteiger partial charge in [-0.05, 0) is 67.6 Å². The van der Waals surface area contributed by atoms with E-state index in [4.69, 9.17) is 5.73 Å². The van der Waals surface area contributed by atoms with Crippen molar-refractivity contribution in [3.63, 3.8) is 0 Å². The van der Waals surface area contributed by atoms with E-state index in [9.17, 15) is 17.6 Å². The minimum Gasteiger partial charge on any atom is -0.367 e. The van der Waals surface area contributed by atoms with E-state index in [-0.39, 0.29) is 30.1 Å². The van der Waals surface area contributed by atoms with Crippen LogP contribution in [-0.4, -0.2) is 22.1 Å². The van der Waals surface area contributed by atoms with Crippen molar-refractivity contribution < 1.29 is 17.6 Å². The zero-order valence-corrected chi connectivity index (χ0v) is 17.9. The summed E-state index contributed by atoms with van der Waals surface area (Å²) in [6.07, 6.45) is 0.696. The van der Waals surface area contributed by atoms with Gasteiger partial charge in [0.25, 0.3) is 0 Å². The van der Waals surface area contributed by atoms with Crippen LogP contribution in [0.3, 0.4) is 0 Å². The summed E-state index contributed by atoms with van der Waals surface area (Å²) in [5.74, 6) is 0.224. The fraction of sp³-hybridized carbons (Fsp3) is 0.333. The molecule has 1 aliphatic carbocycles. The fourth-order valence-electron chi connectivity index (χ4n) is 3.91. The summed E-state index contributed by atoms with van der Waals surface area (Å²) < 4.78 is 54.1. The van der Waals surface area contributed by atoms with Crippen LogP contribution in [0.5, 0.6) is 0 Å². The van der Waals surface area contributed by atoms with Crippen LogP contribution in [0.25, 0.3) is 11.3 Å². The van der Waals surface area contributed by atoms with Crippen molar-refractivity contribution in [1.29, 1.82) is 0 Å². The van der Waals surface area contributed by atoms with E-state index < -0.39 is 17.6 Å². The largest absolute Gasteiger partial charge is 0.416 e. The van der Waals surface area contributed by atoms with Crippen molar-refractivity contribution in [3.8, 4) is 11.3 Å². The molecular weight excluding hydrogens is 434 g/mol. The maximum Gasteiger partial charge on any atom is 0.416 e. The minimum absolute atomic E-state index is 0.0525. The Bertz CT molecular complexity index is 1090. The van der Waals surface area contributed by atoms with Gasteiger partial charge in [-0.3, -0.25) is 0 Å². The van der Waals surface area contributed by atoms with Gasteiger partial charge in [0, 0.05) is 30.4 Å². The van der Waals surface area contributed by atoms with Crippen LogP contribution in [0.1, 0.15) is 36.8 Å². The van der Waals surface area contributed by atoms with Crippen molar-refractivity contribution in [2.45, 2.75) is 50.5 Å². The van der Waals surface area contributed by atoms with E-state index >= 15 is 0 Å². The first kappa shape index (κ1) is 23.0. The number of pyridine rings is 2. The van der Waals surface area contributed by atoms with Gasteiger partial charge in [-0.2, -0.15) is 13.2 Å².